The van der Waals surface area contributed by atoms with Crippen LogP contribution < -0.4 is 15.0 Å². The first kappa shape index (κ1) is 22.3. The molecule has 2 aromatic rings. The lowest BCUT2D eigenvalue weighted by atomic mass is 10.0. The Morgan fingerprint density at radius 2 is 2.03 bits per heavy atom. The molecule has 162 valence electrons. The van der Waals surface area contributed by atoms with Crippen molar-refractivity contribution in [2.75, 3.05) is 25.6 Å². The van der Waals surface area contributed by atoms with Crippen LogP contribution in [0.1, 0.15) is 34.3 Å². The number of ether oxygens (including phenoxy) is 1. The van der Waals surface area contributed by atoms with Gasteiger partial charge in [0.05, 0.1) is 35.6 Å². The van der Waals surface area contributed by atoms with E-state index >= 15 is 0 Å². The summed E-state index contributed by atoms with van der Waals surface area (Å²) in [4.78, 5) is 18.5. The molecule has 3 rings (SSSR count). The van der Waals surface area contributed by atoms with Crippen LogP contribution in [0.15, 0.2) is 41.4 Å². The fourth-order valence-electron chi connectivity index (χ4n) is 3.32. The van der Waals surface area contributed by atoms with Crippen molar-refractivity contribution in [3.05, 3.63) is 53.1 Å². The lowest BCUT2D eigenvalue weighted by Gasteiger charge is -2.21. The molecule has 1 amide bonds. The molecule has 9 heteroatoms. The molecule has 0 spiro atoms. The van der Waals surface area contributed by atoms with E-state index in [9.17, 15) is 23.2 Å². The van der Waals surface area contributed by atoms with Crippen LogP contribution in [0.25, 0.3) is 0 Å². The van der Waals surface area contributed by atoms with E-state index in [1.807, 2.05) is 0 Å². The van der Waals surface area contributed by atoms with E-state index in [1.165, 1.54) is 25.3 Å². The van der Waals surface area contributed by atoms with Crippen LogP contribution in [-0.2, 0) is 6.18 Å². The van der Waals surface area contributed by atoms with E-state index in [4.69, 9.17) is 4.74 Å². The van der Waals surface area contributed by atoms with Crippen molar-refractivity contribution in [2.45, 2.75) is 25.1 Å². The van der Waals surface area contributed by atoms with Gasteiger partial charge in [-0.15, -0.1) is 0 Å². The zero-order valence-electron chi connectivity index (χ0n) is 17.0. The summed E-state index contributed by atoms with van der Waals surface area (Å²) in [6, 6.07) is 9.90. The molecule has 1 aliphatic rings. The Kier molecular flexibility index (Phi) is 6.61. The number of hydrogen-bond donors (Lipinski definition) is 1. The Bertz CT molecular complexity index is 1020. The van der Waals surface area contributed by atoms with Crippen molar-refractivity contribution < 1.29 is 22.7 Å². The summed E-state index contributed by atoms with van der Waals surface area (Å²) in [5, 5.41) is 12.4. The third-order valence-electron chi connectivity index (χ3n) is 5.02. The zero-order chi connectivity index (χ0) is 22.6. The second-order valence-electron chi connectivity index (χ2n) is 7.07. The number of carbonyl (C=O) groups excluding carboxylic acids is 1. The summed E-state index contributed by atoms with van der Waals surface area (Å²) < 4.78 is 46.4. The minimum atomic E-state index is -4.78. The highest BCUT2D eigenvalue weighted by Crippen LogP contribution is 2.40. The maximum absolute atomic E-state index is 13.8. The zero-order valence-corrected chi connectivity index (χ0v) is 17.0. The summed E-state index contributed by atoms with van der Waals surface area (Å²) in [5.74, 6) is -0.135. The molecule has 31 heavy (non-hydrogen) atoms. The maximum atomic E-state index is 13.8. The number of halogens is 3. The molecule has 0 saturated carbocycles. The molecule has 2 aromatic carbocycles. The lowest BCUT2D eigenvalue weighted by Crippen LogP contribution is -2.27. The van der Waals surface area contributed by atoms with Crippen molar-refractivity contribution >= 4 is 23.5 Å². The molecule has 0 aliphatic carbocycles. The predicted octanol–water partition coefficient (Wildman–Crippen LogP) is 4.32. The van der Waals surface area contributed by atoms with Crippen molar-refractivity contribution in [3.63, 3.8) is 0 Å². The van der Waals surface area contributed by atoms with Crippen molar-refractivity contribution in [1.29, 1.82) is 5.26 Å². The molecule has 1 fully saturated rings. The largest absolute Gasteiger partial charge is 0.497 e. The number of aliphatic imine (C=N–C) groups is 1. The number of amides is 1. The van der Waals surface area contributed by atoms with E-state index in [-0.39, 0.29) is 17.2 Å². The SMILES string of the molecule is COc1ccc(N(C)C(=O)c2cc(C#N)cc(C(F)(F)F)c2/N=C/C2CCCN2)cc1. The molecule has 1 aliphatic heterocycles. The number of nitrogens with one attached hydrogen (secondary N) is 1. The minimum absolute atomic E-state index is 0.168. The van der Waals surface area contributed by atoms with Crippen molar-refractivity contribution in [3.8, 4) is 11.8 Å². The number of carbonyl (C=O) groups is 1. The molecule has 0 bridgehead atoms. The van der Waals surface area contributed by atoms with Gasteiger partial charge in [0.1, 0.15) is 5.75 Å². The molecule has 0 radical (unpaired) electrons. The van der Waals surface area contributed by atoms with Gasteiger partial charge in [0.15, 0.2) is 0 Å². The summed E-state index contributed by atoms with van der Waals surface area (Å²) in [5.41, 5.74) is -1.72. The number of rotatable bonds is 5. The Morgan fingerprint density at radius 3 is 2.58 bits per heavy atom. The topological polar surface area (TPSA) is 77.7 Å². The van der Waals surface area contributed by atoms with Gasteiger partial charge in [-0.25, -0.2) is 0 Å². The van der Waals surface area contributed by atoms with Gasteiger partial charge in [0.2, 0.25) is 0 Å². The van der Waals surface area contributed by atoms with Crippen LogP contribution in [-0.4, -0.2) is 38.9 Å². The second kappa shape index (κ2) is 9.18. The van der Waals surface area contributed by atoms with Gasteiger partial charge in [0.25, 0.3) is 5.91 Å². The van der Waals surface area contributed by atoms with E-state index in [2.05, 4.69) is 10.3 Å². The summed E-state index contributed by atoms with van der Waals surface area (Å²) in [7, 11) is 2.95. The average Bonchev–Trinajstić information content (AvgIpc) is 3.29. The number of methoxy groups -OCH3 is 1. The minimum Gasteiger partial charge on any atom is -0.497 e. The highest BCUT2D eigenvalue weighted by molar-refractivity contribution is 6.10. The van der Waals surface area contributed by atoms with Gasteiger partial charge >= 0.3 is 6.18 Å². The molecule has 1 heterocycles. The monoisotopic (exact) mass is 430 g/mol. The van der Waals surface area contributed by atoms with Crippen molar-refractivity contribution in [2.24, 2.45) is 4.99 Å². The van der Waals surface area contributed by atoms with Gasteiger partial charge in [-0.05, 0) is 55.8 Å². The lowest BCUT2D eigenvalue weighted by molar-refractivity contribution is -0.137. The van der Waals surface area contributed by atoms with E-state index in [0.29, 0.717) is 11.4 Å². The maximum Gasteiger partial charge on any atom is 0.418 e. The Morgan fingerprint density at radius 1 is 1.32 bits per heavy atom. The number of benzene rings is 2. The van der Waals surface area contributed by atoms with Crippen LogP contribution in [0.3, 0.4) is 0 Å². The summed E-state index contributed by atoms with van der Waals surface area (Å²) in [6.07, 6.45) is -1.75. The third-order valence-corrected chi connectivity index (χ3v) is 5.02. The van der Waals surface area contributed by atoms with Gasteiger partial charge in [-0.2, -0.15) is 18.4 Å². The van der Waals surface area contributed by atoms with Gasteiger partial charge in [-0.3, -0.25) is 9.79 Å². The highest BCUT2D eigenvalue weighted by atomic mass is 19.4. The number of nitrogens with zero attached hydrogens (tertiary/aromatic N) is 3. The standard InChI is InChI=1S/C22H21F3N4O2/c1-29(16-5-7-17(31-2)8-6-16)21(30)18-10-14(12-26)11-19(22(23,24)25)20(18)28-13-15-4-3-9-27-15/h5-8,10-11,13,15,27H,3-4,9H2,1-2H3/b28-13+. The Labute approximate surface area is 178 Å². The molecule has 1 N–H and O–H groups in total. The fraction of sp³-hybridized carbons (Fsp3) is 0.318. The fourth-order valence-corrected chi connectivity index (χ4v) is 3.32. The second-order valence-corrected chi connectivity index (χ2v) is 7.07. The van der Waals surface area contributed by atoms with Gasteiger partial charge < -0.3 is 15.0 Å². The van der Waals surface area contributed by atoms with Crippen molar-refractivity contribution in [1.82, 2.24) is 5.32 Å². The first-order valence-electron chi connectivity index (χ1n) is 9.59. The summed E-state index contributed by atoms with van der Waals surface area (Å²) >= 11 is 0. The molecular weight excluding hydrogens is 409 g/mol. The molecular formula is C22H21F3N4O2. The van der Waals surface area contributed by atoms with E-state index in [0.717, 1.165) is 31.5 Å². The Balaban J connectivity index is 2.09. The van der Waals surface area contributed by atoms with Crippen LogP contribution in [0.4, 0.5) is 24.5 Å². The first-order valence-corrected chi connectivity index (χ1v) is 9.59. The van der Waals surface area contributed by atoms with E-state index in [1.54, 1.807) is 30.3 Å². The van der Waals surface area contributed by atoms with Crippen LogP contribution in [0, 0.1) is 11.3 Å². The quantitative estimate of drug-likeness (QED) is 0.717. The Hall–Kier alpha value is -3.38. The highest BCUT2D eigenvalue weighted by Gasteiger charge is 2.37. The van der Waals surface area contributed by atoms with Crippen LogP contribution in [0.5, 0.6) is 5.75 Å². The number of hydrogen-bond acceptors (Lipinski definition) is 5. The van der Waals surface area contributed by atoms with Crippen LogP contribution in [0.2, 0.25) is 0 Å². The van der Waals surface area contributed by atoms with Gasteiger partial charge in [0, 0.05) is 25.0 Å². The third kappa shape index (κ3) is 5.03. The molecule has 1 unspecified atom stereocenters. The van der Waals surface area contributed by atoms with Crippen LogP contribution >= 0.6 is 0 Å². The normalized spacial score (nSPS) is 16.3. The average molecular weight is 430 g/mol. The molecule has 1 saturated heterocycles. The molecule has 6 nitrogen and oxygen atoms in total. The first-order chi connectivity index (χ1) is 14.7. The van der Waals surface area contributed by atoms with Gasteiger partial charge in [-0.1, -0.05) is 0 Å². The smallest absolute Gasteiger partial charge is 0.418 e. The number of anilines is 1. The number of alkyl halides is 3. The summed E-state index contributed by atoms with van der Waals surface area (Å²) in [6.45, 7) is 0.752. The molecule has 0 aromatic heterocycles. The van der Waals surface area contributed by atoms with E-state index < -0.39 is 23.3 Å². The predicted molar refractivity (Wildman–Crippen MR) is 111 cm³/mol. The molecule has 1 atom stereocenters. The number of nitriles is 1.